The molecule has 146 valence electrons. The molecule has 1 heterocycles. The molecule has 0 amide bonds. The van der Waals surface area contributed by atoms with Crippen molar-refractivity contribution in [2.75, 3.05) is 6.61 Å². The zero-order chi connectivity index (χ0) is 20.3. The second kappa shape index (κ2) is 8.92. The van der Waals surface area contributed by atoms with Crippen molar-refractivity contribution in [3.8, 4) is 5.75 Å². The molecule has 5 nitrogen and oxygen atoms in total. The molecule has 3 aromatic rings. The summed E-state index contributed by atoms with van der Waals surface area (Å²) in [5.74, 6) is -0.462. The largest absolute Gasteiger partial charge is 0.462 e. The minimum Gasteiger partial charge on any atom is -0.462 e. The van der Waals surface area contributed by atoms with Gasteiger partial charge in [-0.3, -0.25) is 4.79 Å². The maximum atomic E-state index is 12.7. The molecule has 0 fully saturated rings. The summed E-state index contributed by atoms with van der Waals surface area (Å²) < 4.78 is 13.3. The lowest BCUT2D eigenvalue weighted by Crippen LogP contribution is -2.09. The van der Waals surface area contributed by atoms with Gasteiger partial charge in [0.05, 0.1) is 22.2 Å². The predicted octanol–water partition coefficient (Wildman–Crippen LogP) is 5.45. The zero-order valence-electron chi connectivity index (χ0n) is 15.5. The van der Waals surface area contributed by atoms with Crippen molar-refractivity contribution in [3.05, 3.63) is 63.8 Å². The number of hydrogen-bond donors (Lipinski definition) is 0. The van der Waals surface area contributed by atoms with Crippen LogP contribution in [0, 0.1) is 0 Å². The van der Waals surface area contributed by atoms with Gasteiger partial charge in [-0.15, -0.1) is 0 Å². The summed E-state index contributed by atoms with van der Waals surface area (Å²) in [6.07, 6.45) is 0. The second-order valence-electron chi connectivity index (χ2n) is 6.14. The average molecular weight is 509 g/mol. The van der Waals surface area contributed by atoms with Crippen molar-refractivity contribution >= 4 is 54.7 Å². The molecule has 0 spiro atoms. The van der Waals surface area contributed by atoms with Gasteiger partial charge in [0.25, 0.3) is 0 Å². The molecule has 0 bridgehead atoms. The van der Waals surface area contributed by atoms with Crippen LogP contribution in [-0.2, 0) is 21.4 Å². The molecule has 0 aliphatic heterocycles. The van der Waals surface area contributed by atoms with E-state index in [1.807, 2.05) is 36.4 Å². The molecule has 0 aliphatic rings. The highest BCUT2D eigenvalue weighted by molar-refractivity contribution is 9.10. The fourth-order valence-corrected chi connectivity index (χ4v) is 4.15. The first kappa shape index (κ1) is 20.6. The highest BCUT2D eigenvalue weighted by atomic mass is 79.9. The first-order valence-electron chi connectivity index (χ1n) is 8.76. The van der Waals surface area contributed by atoms with Crippen LogP contribution in [-0.4, -0.2) is 23.1 Å². The van der Waals surface area contributed by atoms with Crippen molar-refractivity contribution in [2.24, 2.45) is 0 Å². The van der Waals surface area contributed by atoms with Crippen LogP contribution in [0.25, 0.3) is 10.9 Å². The minimum atomic E-state index is -0.429. The van der Waals surface area contributed by atoms with E-state index in [-0.39, 0.29) is 6.61 Å². The standard InChI is InChI=1S/C21H19Br2NO4/c1-3-27-21(26)20-15-9-19(28-13(2)25)16(23)10-17(15)24(18(20)11-22)12-14-7-5-4-6-8-14/h4-10H,3,11-12H2,1-2H3. The minimum absolute atomic E-state index is 0.277. The van der Waals surface area contributed by atoms with Crippen molar-refractivity contribution < 1.29 is 19.1 Å². The number of nitrogens with zero attached hydrogens (tertiary/aromatic N) is 1. The van der Waals surface area contributed by atoms with Crippen LogP contribution in [0.4, 0.5) is 0 Å². The fraction of sp³-hybridized carbons (Fsp3) is 0.238. The van der Waals surface area contributed by atoms with Crippen molar-refractivity contribution in [3.63, 3.8) is 0 Å². The third-order valence-electron chi connectivity index (χ3n) is 4.27. The first-order chi connectivity index (χ1) is 13.5. The highest BCUT2D eigenvalue weighted by Gasteiger charge is 2.25. The molecule has 0 unspecified atom stereocenters. The molecule has 0 aliphatic carbocycles. The Morgan fingerprint density at radius 2 is 1.86 bits per heavy atom. The summed E-state index contributed by atoms with van der Waals surface area (Å²) >= 11 is 6.99. The molecular weight excluding hydrogens is 490 g/mol. The smallest absolute Gasteiger partial charge is 0.340 e. The SMILES string of the molecule is CCOC(=O)c1c(CBr)n(Cc2ccccc2)c2cc(Br)c(OC(C)=O)cc12. The Hall–Kier alpha value is -2.12. The maximum Gasteiger partial charge on any atom is 0.340 e. The summed E-state index contributed by atoms with van der Waals surface area (Å²) in [6.45, 7) is 3.99. The number of carbonyl (C=O) groups excluding carboxylic acids is 2. The number of rotatable bonds is 6. The van der Waals surface area contributed by atoms with Gasteiger partial charge in [0.2, 0.25) is 0 Å². The van der Waals surface area contributed by atoms with Crippen molar-refractivity contribution in [1.82, 2.24) is 4.57 Å². The number of esters is 2. The van der Waals surface area contributed by atoms with Crippen LogP contribution in [0.1, 0.15) is 35.5 Å². The topological polar surface area (TPSA) is 57.5 Å². The number of ether oxygens (including phenoxy) is 2. The van der Waals surface area contributed by atoms with Crippen LogP contribution < -0.4 is 4.74 Å². The Kier molecular flexibility index (Phi) is 6.57. The second-order valence-corrected chi connectivity index (χ2v) is 7.56. The zero-order valence-corrected chi connectivity index (χ0v) is 18.7. The summed E-state index contributed by atoms with van der Waals surface area (Å²) in [5, 5.41) is 1.16. The van der Waals surface area contributed by atoms with E-state index in [4.69, 9.17) is 9.47 Å². The van der Waals surface area contributed by atoms with E-state index in [2.05, 4.69) is 36.4 Å². The van der Waals surface area contributed by atoms with Gasteiger partial charge in [-0.25, -0.2) is 4.79 Å². The number of fused-ring (bicyclic) bond motifs is 1. The first-order valence-corrected chi connectivity index (χ1v) is 10.7. The lowest BCUT2D eigenvalue weighted by molar-refractivity contribution is -0.131. The van der Waals surface area contributed by atoms with Crippen LogP contribution >= 0.6 is 31.9 Å². The van der Waals surface area contributed by atoms with E-state index in [1.54, 1.807) is 13.0 Å². The van der Waals surface area contributed by atoms with E-state index in [9.17, 15) is 9.59 Å². The Balaban J connectivity index is 2.27. The van der Waals surface area contributed by atoms with Gasteiger partial charge in [0.15, 0.2) is 0 Å². The normalized spacial score (nSPS) is 10.9. The number of carbonyl (C=O) groups is 2. The Morgan fingerprint density at radius 1 is 1.14 bits per heavy atom. The lowest BCUT2D eigenvalue weighted by Gasteiger charge is -2.11. The van der Waals surface area contributed by atoms with Gasteiger partial charge in [0, 0.05) is 29.9 Å². The number of alkyl halides is 1. The molecular formula is C21H19Br2NO4. The average Bonchev–Trinajstić information content (AvgIpc) is 2.95. The quantitative estimate of drug-likeness (QED) is 0.252. The molecule has 3 rings (SSSR count). The van der Waals surface area contributed by atoms with E-state index in [1.165, 1.54) is 6.92 Å². The molecule has 28 heavy (non-hydrogen) atoms. The van der Waals surface area contributed by atoms with Crippen LogP contribution in [0.2, 0.25) is 0 Å². The Morgan fingerprint density at radius 3 is 2.46 bits per heavy atom. The molecule has 0 N–H and O–H groups in total. The molecule has 0 atom stereocenters. The number of benzene rings is 2. The van der Waals surface area contributed by atoms with Crippen LogP contribution in [0.5, 0.6) is 5.75 Å². The van der Waals surface area contributed by atoms with Gasteiger partial charge in [0.1, 0.15) is 5.75 Å². The number of aromatic nitrogens is 1. The van der Waals surface area contributed by atoms with E-state index in [0.29, 0.717) is 33.0 Å². The molecule has 1 aromatic heterocycles. The summed E-state index contributed by atoms with van der Waals surface area (Å²) in [6, 6.07) is 13.6. The number of hydrogen-bond acceptors (Lipinski definition) is 4. The van der Waals surface area contributed by atoms with Crippen molar-refractivity contribution in [2.45, 2.75) is 25.7 Å². The summed E-state index contributed by atoms with van der Waals surface area (Å²) in [5.41, 5.74) is 3.25. The predicted molar refractivity (Wildman–Crippen MR) is 115 cm³/mol. The third kappa shape index (κ3) is 4.15. The van der Waals surface area contributed by atoms with Gasteiger partial charge in [-0.2, -0.15) is 0 Å². The molecule has 7 heteroatoms. The molecule has 0 radical (unpaired) electrons. The fourth-order valence-electron chi connectivity index (χ4n) is 3.15. The van der Waals surface area contributed by atoms with Crippen molar-refractivity contribution in [1.29, 1.82) is 0 Å². The summed E-state index contributed by atoms with van der Waals surface area (Å²) in [7, 11) is 0. The van der Waals surface area contributed by atoms with E-state index < -0.39 is 11.9 Å². The number of halogens is 2. The van der Waals surface area contributed by atoms with Gasteiger partial charge in [-0.1, -0.05) is 46.3 Å². The highest BCUT2D eigenvalue weighted by Crippen LogP contribution is 2.37. The van der Waals surface area contributed by atoms with E-state index in [0.717, 1.165) is 16.8 Å². The maximum absolute atomic E-state index is 12.7. The van der Waals surface area contributed by atoms with Crippen LogP contribution in [0.15, 0.2) is 46.9 Å². The van der Waals surface area contributed by atoms with Gasteiger partial charge in [-0.05, 0) is 40.5 Å². The van der Waals surface area contributed by atoms with Crippen LogP contribution in [0.3, 0.4) is 0 Å². The molecule has 2 aromatic carbocycles. The molecule has 0 saturated carbocycles. The van der Waals surface area contributed by atoms with Gasteiger partial charge >= 0.3 is 11.9 Å². The Labute approximate surface area is 179 Å². The monoisotopic (exact) mass is 507 g/mol. The Bertz CT molecular complexity index is 1030. The van der Waals surface area contributed by atoms with E-state index >= 15 is 0 Å². The lowest BCUT2D eigenvalue weighted by atomic mass is 10.1. The summed E-state index contributed by atoms with van der Waals surface area (Å²) in [4.78, 5) is 24.2. The molecule has 0 saturated heterocycles. The third-order valence-corrected chi connectivity index (χ3v) is 5.42. The van der Waals surface area contributed by atoms with Gasteiger partial charge < -0.3 is 14.0 Å².